The van der Waals surface area contributed by atoms with E-state index in [1.54, 1.807) is 0 Å². The minimum absolute atomic E-state index is 0. The lowest BCUT2D eigenvalue weighted by Gasteiger charge is -2.32. The third kappa shape index (κ3) is 7.27. The standard InChI is InChI=1S/C20H32N4O2S.HI/c1-2-21-20(22-9-15-27(25)17-18-6-4-3-5-7-18)24-10-8-19(16-24)23-11-13-26-14-12-23;/h3-7,19H,2,8-17H2,1H3,(H,21,22);1H. The third-order valence-electron chi connectivity index (χ3n) is 5.11. The Morgan fingerprint density at radius 3 is 2.71 bits per heavy atom. The van der Waals surface area contributed by atoms with Gasteiger partial charge in [-0.1, -0.05) is 30.3 Å². The van der Waals surface area contributed by atoms with Crippen molar-refractivity contribution in [2.24, 2.45) is 4.99 Å². The van der Waals surface area contributed by atoms with Crippen LogP contribution in [0.4, 0.5) is 0 Å². The van der Waals surface area contributed by atoms with Crippen LogP contribution in [0.2, 0.25) is 0 Å². The van der Waals surface area contributed by atoms with Gasteiger partial charge in [0.05, 0.1) is 19.8 Å². The van der Waals surface area contributed by atoms with E-state index in [1.165, 1.54) is 6.42 Å². The first-order valence-corrected chi connectivity index (χ1v) is 11.5. The van der Waals surface area contributed by atoms with Crippen molar-refractivity contribution in [3.05, 3.63) is 35.9 Å². The summed E-state index contributed by atoms with van der Waals surface area (Å²) in [6.07, 6.45) is 1.17. The minimum Gasteiger partial charge on any atom is -0.379 e. The van der Waals surface area contributed by atoms with Crippen molar-refractivity contribution in [2.45, 2.75) is 25.1 Å². The number of rotatable bonds is 7. The molecule has 2 heterocycles. The van der Waals surface area contributed by atoms with Gasteiger partial charge in [0, 0.05) is 61.1 Å². The molecular weight excluding hydrogens is 487 g/mol. The highest BCUT2D eigenvalue weighted by Crippen LogP contribution is 2.17. The van der Waals surface area contributed by atoms with E-state index in [4.69, 9.17) is 9.73 Å². The molecule has 28 heavy (non-hydrogen) atoms. The third-order valence-corrected chi connectivity index (χ3v) is 6.40. The molecule has 2 unspecified atom stereocenters. The zero-order valence-electron chi connectivity index (χ0n) is 16.7. The Hall–Kier alpha value is -0.710. The Labute approximate surface area is 188 Å². The lowest BCUT2D eigenvalue weighted by molar-refractivity contribution is 0.0195. The highest BCUT2D eigenvalue weighted by Gasteiger charge is 2.30. The quantitative estimate of drug-likeness (QED) is 0.339. The lowest BCUT2D eigenvalue weighted by Crippen LogP contribution is -2.46. The number of nitrogens with one attached hydrogen (secondary N) is 1. The van der Waals surface area contributed by atoms with E-state index < -0.39 is 10.8 Å². The molecule has 6 nitrogen and oxygen atoms in total. The molecular formula is C20H33IN4O2S. The highest BCUT2D eigenvalue weighted by atomic mass is 127. The fourth-order valence-electron chi connectivity index (χ4n) is 3.69. The van der Waals surface area contributed by atoms with Crippen LogP contribution in [0.15, 0.2) is 35.3 Å². The smallest absolute Gasteiger partial charge is 0.193 e. The fraction of sp³-hybridized carbons (Fsp3) is 0.650. The second-order valence-corrected chi connectivity index (χ2v) is 8.62. The summed E-state index contributed by atoms with van der Waals surface area (Å²) in [6, 6.07) is 10.6. The van der Waals surface area contributed by atoms with Crippen LogP contribution in [0.1, 0.15) is 18.9 Å². The van der Waals surface area contributed by atoms with Gasteiger partial charge in [-0.25, -0.2) is 0 Å². The molecule has 1 aromatic carbocycles. The van der Waals surface area contributed by atoms with Gasteiger partial charge in [-0.3, -0.25) is 14.1 Å². The first-order valence-electron chi connectivity index (χ1n) is 10.00. The van der Waals surface area contributed by atoms with Crippen LogP contribution >= 0.6 is 24.0 Å². The molecule has 8 heteroatoms. The SMILES string of the molecule is CCNC(=NCCS(=O)Cc1ccccc1)N1CCC(N2CCOCC2)C1.I. The average Bonchev–Trinajstić information content (AvgIpc) is 3.19. The maximum Gasteiger partial charge on any atom is 0.193 e. The Bertz CT molecular complexity index is 626. The molecule has 0 aliphatic carbocycles. The summed E-state index contributed by atoms with van der Waals surface area (Å²) in [5.41, 5.74) is 1.12. The van der Waals surface area contributed by atoms with E-state index in [0.717, 1.165) is 57.5 Å². The van der Waals surface area contributed by atoms with Gasteiger partial charge in [0.25, 0.3) is 0 Å². The molecule has 2 atom stereocenters. The zero-order chi connectivity index (χ0) is 18.9. The molecule has 0 amide bonds. The topological polar surface area (TPSA) is 57.2 Å². The van der Waals surface area contributed by atoms with E-state index in [1.807, 2.05) is 30.3 Å². The van der Waals surface area contributed by atoms with Crippen molar-refractivity contribution < 1.29 is 8.95 Å². The number of halogens is 1. The molecule has 0 aromatic heterocycles. The van der Waals surface area contributed by atoms with Crippen LogP contribution in [-0.2, 0) is 21.3 Å². The zero-order valence-corrected chi connectivity index (χ0v) is 19.9. The van der Waals surface area contributed by atoms with Gasteiger partial charge in [0.2, 0.25) is 0 Å². The Morgan fingerprint density at radius 1 is 1.25 bits per heavy atom. The van der Waals surface area contributed by atoms with Gasteiger partial charge in [0.15, 0.2) is 5.96 Å². The number of likely N-dealkylation sites (tertiary alicyclic amines) is 1. The first-order chi connectivity index (χ1) is 13.3. The molecule has 2 aliphatic rings. The van der Waals surface area contributed by atoms with E-state index in [9.17, 15) is 4.21 Å². The maximum absolute atomic E-state index is 12.3. The molecule has 2 aliphatic heterocycles. The summed E-state index contributed by atoms with van der Waals surface area (Å²) in [5.74, 6) is 2.17. The molecule has 2 saturated heterocycles. The lowest BCUT2D eigenvalue weighted by atomic mass is 10.2. The highest BCUT2D eigenvalue weighted by molar-refractivity contribution is 14.0. The molecule has 0 saturated carbocycles. The number of hydrogen-bond acceptors (Lipinski definition) is 4. The van der Waals surface area contributed by atoms with Gasteiger partial charge >= 0.3 is 0 Å². The Kier molecular flexibility index (Phi) is 10.7. The summed E-state index contributed by atoms with van der Waals surface area (Å²) in [5, 5.41) is 3.41. The monoisotopic (exact) mass is 520 g/mol. The summed E-state index contributed by atoms with van der Waals surface area (Å²) in [7, 11) is -0.879. The molecule has 2 fully saturated rings. The number of guanidine groups is 1. The van der Waals surface area contributed by atoms with Crippen molar-refractivity contribution in [1.29, 1.82) is 0 Å². The number of hydrogen-bond donors (Lipinski definition) is 1. The predicted octanol–water partition coefficient (Wildman–Crippen LogP) is 1.93. The van der Waals surface area contributed by atoms with Gasteiger partial charge in [-0.2, -0.15) is 0 Å². The Balaban J connectivity index is 0.00000280. The number of nitrogens with zero attached hydrogens (tertiary/aromatic N) is 3. The number of aliphatic imine (C=N–C) groups is 1. The molecule has 0 bridgehead atoms. The molecule has 1 aromatic rings. The van der Waals surface area contributed by atoms with E-state index in [0.29, 0.717) is 24.1 Å². The predicted molar refractivity (Wildman–Crippen MR) is 127 cm³/mol. The van der Waals surface area contributed by atoms with Gasteiger partial charge in [0.1, 0.15) is 0 Å². The van der Waals surface area contributed by atoms with Crippen LogP contribution in [0.25, 0.3) is 0 Å². The number of benzene rings is 1. The summed E-state index contributed by atoms with van der Waals surface area (Å²) in [4.78, 5) is 9.65. The molecule has 1 N–H and O–H groups in total. The van der Waals surface area contributed by atoms with Crippen LogP contribution in [0.3, 0.4) is 0 Å². The van der Waals surface area contributed by atoms with Crippen molar-refractivity contribution in [1.82, 2.24) is 15.1 Å². The number of morpholine rings is 1. The van der Waals surface area contributed by atoms with Gasteiger partial charge < -0.3 is 15.0 Å². The van der Waals surface area contributed by atoms with Gasteiger partial charge in [-0.15, -0.1) is 24.0 Å². The van der Waals surface area contributed by atoms with Crippen LogP contribution in [0, 0.1) is 0 Å². The van der Waals surface area contributed by atoms with E-state index in [2.05, 4.69) is 22.0 Å². The molecule has 0 radical (unpaired) electrons. The minimum atomic E-state index is -0.879. The maximum atomic E-state index is 12.3. The average molecular weight is 520 g/mol. The first kappa shape index (κ1) is 23.6. The van der Waals surface area contributed by atoms with Crippen LogP contribution in [0.5, 0.6) is 0 Å². The van der Waals surface area contributed by atoms with Crippen molar-refractivity contribution >= 4 is 40.7 Å². The molecule has 158 valence electrons. The van der Waals surface area contributed by atoms with Crippen molar-refractivity contribution in [3.63, 3.8) is 0 Å². The molecule has 3 rings (SSSR count). The summed E-state index contributed by atoms with van der Waals surface area (Å²) in [6.45, 7) is 9.34. The van der Waals surface area contributed by atoms with E-state index in [-0.39, 0.29) is 24.0 Å². The largest absolute Gasteiger partial charge is 0.379 e. The van der Waals surface area contributed by atoms with Crippen molar-refractivity contribution in [2.75, 3.05) is 58.2 Å². The summed E-state index contributed by atoms with van der Waals surface area (Å²) < 4.78 is 17.8. The fourth-order valence-corrected chi connectivity index (χ4v) is 4.69. The van der Waals surface area contributed by atoms with Crippen LogP contribution < -0.4 is 5.32 Å². The summed E-state index contributed by atoms with van der Waals surface area (Å²) >= 11 is 0. The Morgan fingerprint density at radius 2 is 2.00 bits per heavy atom. The second-order valence-electron chi connectivity index (χ2n) is 7.05. The van der Waals surface area contributed by atoms with Gasteiger partial charge in [-0.05, 0) is 18.9 Å². The second kappa shape index (κ2) is 12.8. The van der Waals surface area contributed by atoms with E-state index >= 15 is 0 Å². The van der Waals surface area contributed by atoms with Crippen LogP contribution in [-0.4, -0.2) is 84.2 Å². The number of ether oxygens (including phenoxy) is 1. The normalized spacial score (nSPS) is 22.0. The van der Waals surface area contributed by atoms with Crippen molar-refractivity contribution in [3.8, 4) is 0 Å². The molecule has 0 spiro atoms.